The van der Waals surface area contributed by atoms with Crippen LogP contribution in [0.5, 0.6) is 0 Å². The molecule has 0 spiro atoms. The van der Waals surface area contributed by atoms with Crippen LogP contribution in [0.25, 0.3) is 0 Å². The SMILES string of the molecule is CC(N)(C(=O)NCC1CCN(CCc2ccccc2)C1)c1ccccc1. The first-order chi connectivity index (χ1) is 12.6. The number of hydrogen-bond donors (Lipinski definition) is 2. The second-order valence-electron chi connectivity index (χ2n) is 7.47. The maximum Gasteiger partial charge on any atom is 0.244 e. The van der Waals surface area contributed by atoms with Crippen LogP contribution in [-0.2, 0) is 16.8 Å². The first kappa shape index (κ1) is 18.6. The van der Waals surface area contributed by atoms with Crippen LogP contribution in [0.1, 0.15) is 24.5 Å². The van der Waals surface area contributed by atoms with E-state index in [-0.39, 0.29) is 5.91 Å². The van der Waals surface area contributed by atoms with Crippen LogP contribution in [0.2, 0.25) is 0 Å². The predicted molar refractivity (Wildman–Crippen MR) is 106 cm³/mol. The van der Waals surface area contributed by atoms with E-state index < -0.39 is 5.54 Å². The van der Waals surface area contributed by atoms with E-state index in [9.17, 15) is 4.79 Å². The van der Waals surface area contributed by atoms with Gasteiger partial charge in [0.15, 0.2) is 0 Å². The van der Waals surface area contributed by atoms with E-state index in [0.717, 1.165) is 38.0 Å². The average Bonchev–Trinajstić information content (AvgIpc) is 3.14. The van der Waals surface area contributed by atoms with E-state index in [2.05, 4.69) is 40.5 Å². The Balaban J connectivity index is 1.43. The van der Waals surface area contributed by atoms with Gasteiger partial charge in [-0.1, -0.05) is 60.7 Å². The monoisotopic (exact) mass is 351 g/mol. The number of nitrogens with two attached hydrogens (primary N) is 1. The molecular weight excluding hydrogens is 322 g/mol. The van der Waals surface area contributed by atoms with E-state index in [0.29, 0.717) is 12.5 Å². The molecular formula is C22H29N3O. The lowest BCUT2D eigenvalue weighted by molar-refractivity contribution is -0.126. The number of likely N-dealkylation sites (tertiary alicyclic amines) is 1. The Morgan fingerprint density at radius 2 is 1.81 bits per heavy atom. The lowest BCUT2D eigenvalue weighted by Crippen LogP contribution is -2.50. The highest BCUT2D eigenvalue weighted by molar-refractivity contribution is 5.86. The van der Waals surface area contributed by atoms with Crippen molar-refractivity contribution in [3.8, 4) is 0 Å². The Morgan fingerprint density at radius 3 is 2.50 bits per heavy atom. The van der Waals surface area contributed by atoms with E-state index in [1.54, 1.807) is 6.92 Å². The van der Waals surface area contributed by atoms with Crippen LogP contribution >= 0.6 is 0 Å². The van der Waals surface area contributed by atoms with E-state index in [1.165, 1.54) is 5.56 Å². The van der Waals surface area contributed by atoms with Gasteiger partial charge in [0.05, 0.1) is 0 Å². The van der Waals surface area contributed by atoms with Crippen molar-refractivity contribution in [1.82, 2.24) is 10.2 Å². The van der Waals surface area contributed by atoms with Crippen LogP contribution in [0.15, 0.2) is 60.7 Å². The molecule has 2 aromatic rings. The quantitative estimate of drug-likeness (QED) is 0.806. The molecule has 1 saturated heterocycles. The third-order valence-corrected chi connectivity index (χ3v) is 5.33. The van der Waals surface area contributed by atoms with Gasteiger partial charge in [-0.05, 0) is 43.4 Å². The highest BCUT2D eigenvalue weighted by atomic mass is 16.2. The number of amides is 1. The summed E-state index contributed by atoms with van der Waals surface area (Å²) >= 11 is 0. The van der Waals surface area contributed by atoms with Crippen molar-refractivity contribution < 1.29 is 4.79 Å². The molecule has 1 heterocycles. The second-order valence-corrected chi connectivity index (χ2v) is 7.47. The number of carbonyl (C=O) groups excluding carboxylic acids is 1. The smallest absolute Gasteiger partial charge is 0.244 e. The molecule has 0 aliphatic carbocycles. The molecule has 1 fully saturated rings. The van der Waals surface area contributed by atoms with Gasteiger partial charge in [0, 0.05) is 19.6 Å². The number of nitrogens with zero attached hydrogens (tertiary/aromatic N) is 1. The van der Waals surface area contributed by atoms with Crippen molar-refractivity contribution in [3.63, 3.8) is 0 Å². The first-order valence-corrected chi connectivity index (χ1v) is 9.44. The Kier molecular flexibility index (Phi) is 6.07. The highest BCUT2D eigenvalue weighted by Gasteiger charge is 2.31. The van der Waals surface area contributed by atoms with Gasteiger partial charge in [0.25, 0.3) is 0 Å². The van der Waals surface area contributed by atoms with Gasteiger partial charge in [0.1, 0.15) is 5.54 Å². The van der Waals surface area contributed by atoms with Gasteiger partial charge >= 0.3 is 0 Å². The van der Waals surface area contributed by atoms with Crippen LogP contribution in [0.4, 0.5) is 0 Å². The minimum absolute atomic E-state index is 0.105. The van der Waals surface area contributed by atoms with Gasteiger partial charge in [-0.15, -0.1) is 0 Å². The average molecular weight is 351 g/mol. The summed E-state index contributed by atoms with van der Waals surface area (Å²) in [6, 6.07) is 20.2. The van der Waals surface area contributed by atoms with Gasteiger partial charge in [0.2, 0.25) is 5.91 Å². The summed E-state index contributed by atoms with van der Waals surface area (Å²) in [7, 11) is 0. The lowest BCUT2D eigenvalue weighted by atomic mass is 9.92. The summed E-state index contributed by atoms with van der Waals surface area (Å²) < 4.78 is 0. The molecule has 1 amide bonds. The molecule has 1 aliphatic heterocycles. The lowest BCUT2D eigenvalue weighted by Gasteiger charge is -2.25. The fourth-order valence-electron chi connectivity index (χ4n) is 3.55. The molecule has 0 bridgehead atoms. The van der Waals surface area contributed by atoms with E-state index >= 15 is 0 Å². The van der Waals surface area contributed by atoms with Crippen LogP contribution in [0, 0.1) is 5.92 Å². The molecule has 4 heteroatoms. The molecule has 4 nitrogen and oxygen atoms in total. The third kappa shape index (κ3) is 4.71. The van der Waals surface area contributed by atoms with E-state index in [4.69, 9.17) is 5.73 Å². The number of nitrogens with one attached hydrogen (secondary N) is 1. The molecule has 0 saturated carbocycles. The van der Waals surface area contributed by atoms with Gasteiger partial charge in [-0.3, -0.25) is 4.79 Å². The van der Waals surface area contributed by atoms with Crippen LogP contribution in [0.3, 0.4) is 0 Å². The molecule has 1 aliphatic rings. The van der Waals surface area contributed by atoms with Gasteiger partial charge < -0.3 is 16.0 Å². The number of hydrogen-bond acceptors (Lipinski definition) is 3. The van der Waals surface area contributed by atoms with E-state index in [1.807, 2.05) is 30.3 Å². The Bertz CT molecular complexity index is 700. The summed E-state index contributed by atoms with van der Waals surface area (Å²) in [5, 5.41) is 3.07. The Morgan fingerprint density at radius 1 is 1.15 bits per heavy atom. The first-order valence-electron chi connectivity index (χ1n) is 9.44. The molecule has 3 N–H and O–H groups in total. The van der Waals surface area contributed by atoms with Crippen molar-refractivity contribution in [2.24, 2.45) is 11.7 Å². The minimum atomic E-state index is -0.993. The zero-order valence-corrected chi connectivity index (χ0v) is 15.5. The zero-order valence-electron chi connectivity index (χ0n) is 15.5. The van der Waals surface area contributed by atoms with Crippen LogP contribution < -0.4 is 11.1 Å². The fourth-order valence-corrected chi connectivity index (χ4v) is 3.55. The molecule has 2 unspecified atom stereocenters. The fraction of sp³-hybridized carbons (Fsp3) is 0.409. The maximum atomic E-state index is 12.6. The normalized spacial score (nSPS) is 19.8. The van der Waals surface area contributed by atoms with Crippen molar-refractivity contribution in [2.45, 2.75) is 25.3 Å². The van der Waals surface area contributed by atoms with Crippen LogP contribution in [-0.4, -0.2) is 37.0 Å². The predicted octanol–water partition coefficient (Wildman–Crippen LogP) is 2.54. The molecule has 3 rings (SSSR count). The minimum Gasteiger partial charge on any atom is -0.354 e. The summed E-state index contributed by atoms with van der Waals surface area (Å²) in [6.07, 6.45) is 2.20. The molecule has 0 aromatic heterocycles. The zero-order chi connectivity index (χ0) is 18.4. The summed E-state index contributed by atoms with van der Waals surface area (Å²) in [5.74, 6) is 0.396. The second kappa shape index (κ2) is 8.47. The summed E-state index contributed by atoms with van der Waals surface area (Å²) in [6.45, 7) is 5.69. The summed E-state index contributed by atoms with van der Waals surface area (Å²) in [4.78, 5) is 15.1. The Labute approximate surface area is 156 Å². The molecule has 0 radical (unpaired) electrons. The Hall–Kier alpha value is -2.17. The summed E-state index contributed by atoms with van der Waals surface area (Å²) in [5.41, 5.74) is 7.51. The number of carbonyl (C=O) groups is 1. The van der Waals surface area contributed by atoms with Gasteiger partial charge in [-0.25, -0.2) is 0 Å². The standard InChI is InChI=1S/C22H29N3O/c1-22(23,20-10-6-3-7-11-20)21(26)24-16-19-13-15-25(17-19)14-12-18-8-4-2-5-9-18/h2-11,19H,12-17,23H2,1H3,(H,24,26). The number of benzene rings is 2. The van der Waals surface area contributed by atoms with Crippen molar-refractivity contribution >= 4 is 5.91 Å². The molecule has 2 aromatic carbocycles. The molecule has 138 valence electrons. The molecule has 26 heavy (non-hydrogen) atoms. The van der Waals surface area contributed by atoms with Gasteiger partial charge in [-0.2, -0.15) is 0 Å². The van der Waals surface area contributed by atoms with Crippen molar-refractivity contribution in [3.05, 3.63) is 71.8 Å². The topological polar surface area (TPSA) is 58.4 Å². The number of rotatable bonds is 7. The van der Waals surface area contributed by atoms with Crippen molar-refractivity contribution in [1.29, 1.82) is 0 Å². The third-order valence-electron chi connectivity index (χ3n) is 5.33. The van der Waals surface area contributed by atoms with Crippen molar-refractivity contribution in [2.75, 3.05) is 26.2 Å². The maximum absolute atomic E-state index is 12.6. The molecule has 2 atom stereocenters. The highest BCUT2D eigenvalue weighted by Crippen LogP contribution is 2.19. The largest absolute Gasteiger partial charge is 0.354 e.